The summed E-state index contributed by atoms with van der Waals surface area (Å²) in [6.07, 6.45) is 0. The van der Waals surface area contributed by atoms with Crippen molar-refractivity contribution in [3.63, 3.8) is 0 Å². The molecule has 6 heteroatoms. The van der Waals surface area contributed by atoms with E-state index in [1.165, 1.54) is 0 Å². The van der Waals surface area contributed by atoms with Crippen molar-refractivity contribution < 1.29 is 14.3 Å². The number of methoxy groups -OCH3 is 1. The van der Waals surface area contributed by atoms with Crippen LogP contribution in [0, 0.1) is 0 Å². The van der Waals surface area contributed by atoms with Crippen LogP contribution in [-0.4, -0.2) is 36.9 Å². The van der Waals surface area contributed by atoms with Crippen molar-refractivity contribution in [2.24, 2.45) is 0 Å². The lowest BCUT2D eigenvalue weighted by molar-refractivity contribution is -0.136. The third kappa shape index (κ3) is 2.78. The molecule has 3 N–H and O–H groups in total. The Labute approximate surface area is 105 Å². The molecule has 0 saturated carbocycles. The molecule has 6 nitrogen and oxygen atoms in total. The molecule has 0 atom stereocenters. The Balaban J connectivity index is 2.07. The molecule has 1 fully saturated rings. The molecule has 1 aliphatic heterocycles. The monoisotopic (exact) mass is 249 g/mol. The molecule has 1 heterocycles. The highest BCUT2D eigenvalue weighted by Crippen LogP contribution is 2.22. The van der Waals surface area contributed by atoms with Gasteiger partial charge >= 0.3 is 0 Å². The molecule has 1 saturated heterocycles. The molecule has 1 aromatic carbocycles. The summed E-state index contributed by atoms with van der Waals surface area (Å²) in [6, 6.07) is 5.43. The second-order valence-corrected chi connectivity index (χ2v) is 4.19. The van der Waals surface area contributed by atoms with Crippen molar-refractivity contribution in [2.75, 3.05) is 25.9 Å². The number of nitrogens with two attached hydrogens (primary N) is 1. The molecule has 0 unspecified atom stereocenters. The fourth-order valence-corrected chi connectivity index (χ4v) is 1.95. The van der Waals surface area contributed by atoms with Gasteiger partial charge in [-0.3, -0.25) is 19.8 Å². The van der Waals surface area contributed by atoms with Crippen molar-refractivity contribution in [1.82, 2.24) is 10.2 Å². The average Bonchev–Trinajstić information content (AvgIpc) is 2.27. The van der Waals surface area contributed by atoms with E-state index in [1.54, 1.807) is 24.1 Å². The van der Waals surface area contributed by atoms with Gasteiger partial charge in [-0.15, -0.1) is 0 Å². The van der Waals surface area contributed by atoms with Crippen LogP contribution in [0.2, 0.25) is 0 Å². The van der Waals surface area contributed by atoms with Gasteiger partial charge in [-0.05, 0) is 17.7 Å². The summed E-state index contributed by atoms with van der Waals surface area (Å²) in [6.45, 7) is 0.947. The van der Waals surface area contributed by atoms with E-state index in [1.807, 2.05) is 6.07 Å². The standard InChI is InChI=1S/C12H15N3O3/c1-18-10-3-2-8(4-9(10)13)5-15-6-11(16)14-12(17)7-15/h2-4H,5-7,13H2,1H3,(H,14,16,17). The summed E-state index contributed by atoms with van der Waals surface area (Å²) >= 11 is 0. The number of hydrogen-bond donors (Lipinski definition) is 2. The highest BCUT2D eigenvalue weighted by molar-refractivity contribution is 5.99. The first-order valence-electron chi connectivity index (χ1n) is 5.56. The molecule has 0 spiro atoms. The van der Waals surface area contributed by atoms with Gasteiger partial charge in [-0.1, -0.05) is 6.07 Å². The molecule has 2 amide bonds. The molecular formula is C12H15N3O3. The van der Waals surface area contributed by atoms with Crippen molar-refractivity contribution in [2.45, 2.75) is 6.54 Å². The van der Waals surface area contributed by atoms with Crippen molar-refractivity contribution in [3.8, 4) is 5.75 Å². The number of ether oxygens (including phenoxy) is 1. The number of rotatable bonds is 3. The number of carbonyl (C=O) groups is 2. The van der Waals surface area contributed by atoms with Crippen LogP contribution in [0.1, 0.15) is 5.56 Å². The van der Waals surface area contributed by atoms with E-state index < -0.39 is 0 Å². The molecule has 1 aromatic rings. The number of carbonyl (C=O) groups excluding carboxylic acids is 2. The first-order valence-corrected chi connectivity index (χ1v) is 5.56. The van der Waals surface area contributed by atoms with Crippen LogP contribution in [0.15, 0.2) is 18.2 Å². The minimum absolute atomic E-state index is 0.220. The smallest absolute Gasteiger partial charge is 0.240 e. The average molecular weight is 249 g/mol. The van der Waals surface area contributed by atoms with E-state index in [2.05, 4.69) is 5.32 Å². The first kappa shape index (κ1) is 12.4. The number of nitrogens with one attached hydrogen (secondary N) is 1. The van der Waals surface area contributed by atoms with Gasteiger partial charge in [0.25, 0.3) is 0 Å². The number of anilines is 1. The lowest BCUT2D eigenvalue weighted by atomic mass is 10.1. The van der Waals surface area contributed by atoms with Crippen LogP contribution in [0.25, 0.3) is 0 Å². The van der Waals surface area contributed by atoms with Gasteiger partial charge < -0.3 is 10.5 Å². The predicted octanol–water partition coefficient (Wildman–Crippen LogP) is -0.264. The third-order valence-corrected chi connectivity index (χ3v) is 2.71. The lowest BCUT2D eigenvalue weighted by Crippen LogP contribution is -2.50. The third-order valence-electron chi connectivity index (χ3n) is 2.71. The van der Waals surface area contributed by atoms with E-state index in [0.717, 1.165) is 5.56 Å². The Morgan fingerprint density at radius 3 is 2.56 bits per heavy atom. The number of amides is 2. The lowest BCUT2D eigenvalue weighted by Gasteiger charge is -2.25. The van der Waals surface area contributed by atoms with Gasteiger partial charge in [0, 0.05) is 6.54 Å². The van der Waals surface area contributed by atoms with E-state index >= 15 is 0 Å². The maximum atomic E-state index is 11.2. The normalized spacial score (nSPS) is 16.5. The Bertz CT molecular complexity index is 471. The van der Waals surface area contributed by atoms with E-state index in [0.29, 0.717) is 18.0 Å². The maximum Gasteiger partial charge on any atom is 0.240 e. The summed E-state index contributed by atoms with van der Waals surface area (Å²) in [5.74, 6) is 0.0756. The molecule has 1 aliphatic rings. The minimum Gasteiger partial charge on any atom is -0.495 e. The maximum absolute atomic E-state index is 11.2. The zero-order valence-corrected chi connectivity index (χ0v) is 10.1. The van der Waals surface area contributed by atoms with E-state index in [-0.39, 0.29) is 24.9 Å². The summed E-state index contributed by atoms with van der Waals surface area (Å²) in [4.78, 5) is 24.2. The first-order chi connectivity index (χ1) is 8.58. The van der Waals surface area contributed by atoms with Gasteiger partial charge in [0.05, 0.1) is 25.9 Å². The Hall–Kier alpha value is -2.08. The predicted molar refractivity (Wildman–Crippen MR) is 65.8 cm³/mol. The highest BCUT2D eigenvalue weighted by atomic mass is 16.5. The van der Waals surface area contributed by atoms with E-state index in [9.17, 15) is 9.59 Å². The number of imide groups is 1. The van der Waals surface area contributed by atoms with Crippen LogP contribution in [0.4, 0.5) is 5.69 Å². The van der Waals surface area contributed by atoms with Crippen LogP contribution in [0.5, 0.6) is 5.75 Å². The summed E-state index contributed by atoms with van der Waals surface area (Å²) in [5.41, 5.74) is 7.29. The SMILES string of the molecule is COc1ccc(CN2CC(=O)NC(=O)C2)cc1N. The van der Waals surface area contributed by atoms with Crippen LogP contribution in [0.3, 0.4) is 0 Å². The molecule has 0 aromatic heterocycles. The minimum atomic E-state index is -0.271. The van der Waals surface area contributed by atoms with E-state index in [4.69, 9.17) is 10.5 Å². The van der Waals surface area contributed by atoms with Gasteiger partial charge in [0.15, 0.2) is 0 Å². The number of nitrogens with zero attached hydrogens (tertiary/aromatic N) is 1. The van der Waals surface area contributed by atoms with Crippen LogP contribution >= 0.6 is 0 Å². The number of nitrogen functional groups attached to an aromatic ring is 1. The Morgan fingerprint density at radius 1 is 1.33 bits per heavy atom. The molecule has 2 rings (SSSR count). The van der Waals surface area contributed by atoms with Crippen molar-refractivity contribution >= 4 is 17.5 Å². The zero-order valence-electron chi connectivity index (χ0n) is 10.1. The molecule has 0 radical (unpaired) electrons. The molecular weight excluding hydrogens is 234 g/mol. The number of benzene rings is 1. The topological polar surface area (TPSA) is 84.7 Å². The van der Waals surface area contributed by atoms with Crippen molar-refractivity contribution in [1.29, 1.82) is 0 Å². The summed E-state index contributed by atoms with van der Waals surface area (Å²) < 4.78 is 5.07. The highest BCUT2D eigenvalue weighted by Gasteiger charge is 2.22. The Kier molecular flexibility index (Phi) is 3.47. The second-order valence-electron chi connectivity index (χ2n) is 4.19. The Morgan fingerprint density at radius 2 is 2.00 bits per heavy atom. The molecule has 96 valence electrons. The molecule has 18 heavy (non-hydrogen) atoms. The van der Waals surface area contributed by atoms with Gasteiger partial charge in [-0.25, -0.2) is 0 Å². The van der Waals surface area contributed by atoms with Gasteiger partial charge in [0.2, 0.25) is 11.8 Å². The second kappa shape index (κ2) is 5.05. The fraction of sp³-hybridized carbons (Fsp3) is 0.333. The molecule has 0 bridgehead atoms. The fourth-order valence-electron chi connectivity index (χ4n) is 1.95. The van der Waals surface area contributed by atoms with Crippen LogP contribution < -0.4 is 15.8 Å². The number of piperazine rings is 1. The summed E-state index contributed by atoms with van der Waals surface area (Å²) in [5, 5.41) is 2.26. The zero-order chi connectivity index (χ0) is 13.1. The van der Waals surface area contributed by atoms with Crippen molar-refractivity contribution in [3.05, 3.63) is 23.8 Å². The van der Waals surface area contributed by atoms with Gasteiger partial charge in [-0.2, -0.15) is 0 Å². The quantitative estimate of drug-likeness (QED) is 0.569. The summed E-state index contributed by atoms with van der Waals surface area (Å²) in [7, 11) is 1.55. The largest absolute Gasteiger partial charge is 0.495 e. The number of hydrogen-bond acceptors (Lipinski definition) is 5. The van der Waals surface area contributed by atoms with Gasteiger partial charge in [0.1, 0.15) is 5.75 Å². The van der Waals surface area contributed by atoms with Crippen LogP contribution in [-0.2, 0) is 16.1 Å². The molecule has 0 aliphatic carbocycles.